The molecule has 0 spiro atoms. The Hall–Kier alpha value is -0.220. The van der Waals surface area contributed by atoms with Gasteiger partial charge < -0.3 is 10.6 Å². The highest BCUT2D eigenvalue weighted by Crippen LogP contribution is 2.16. The summed E-state index contributed by atoms with van der Waals surface area (Å²) in [5.74, 6) is 2.41. The van der Waals surface area contributed by atoms with E-state index >= 15 is 0 Å². The summed E-state index contributed by atoms with van der Waals surface area (Å²) in [5.41, 5.74) is 0. The van der Waals surface area contributed by atoms with Crippen molar-refractivity contribution < 1.29 is 4.79 Å². The molecule has 0 saturated carbocycles. The van der Waals surface area contributed by atoms with Crippen molar-refractivity contribution in [3.63, 3.8) is 0 Å². The lowest BCUT2D eigenvalue weighted by Gasteiger charge is -2.25. The van der Waals surface area contributed by atoms with Gasteiger partial charge in [-0.3, -0.25) is 4.79 Å². The molecular formula is C7H14N2OS. The molecule has 0 aromatic heterocycles. The second-order valence-corrected chi connectivity index (χ2v) is 3.64. The molecule has 11 heavy (non-hydrogen) atoms. The van der Waals surface area contributed by atoms with E-state index in [1.807, 2.05) is 18.7 Å². The third-order valence-corrected chi connectivity index (χ3v) is 2.84. The number of likely N-dealkylation sites (N-methyl/N-ethyl adjacent to an activating group) is 1. The Morgan fingerprint density at radius 3 is 2.82 bits per heavy atom. The van der Waals surface area contributed by atoms with Gasteiger partial charge in [0.15, 0.2) is 0 Å². The first-order chi connectivity index (χ1) is 5.33. The molecule has 0 aromatic carbocycles. The molecule has 64 valence electrons. The van der Waals surface area contributed by atoms with Crippen LogP contribution in [0.3, 0.4) is 0 Å². The van der Waals surface area contributed by atoms with E-state index < -0.39 is 0 Å². The highest BCUT2D eigenvalue weighted by molar-refractivity contribution is 8.00. The lowest BCUT2D eigenvalue weighted by Crippen LogP contribution is -2.45. The van der Waals surface area contributed by atoms with Gasteiger partial charge in [0.2, 0.25) is 5.91 Å². The highest BCUT2D eigenvalue weighted by atomic mass is 32.2. The summed E-state index contributed by atoms with van der Waals surface area (Å²) in [7, 11) is 0. The maximum Gasteiger partial charge on any atom is 0.233 e. The van der Waals surface area contributed by atoms with Gasteiger partial charge in [-0.25, -0.2) is 0 Å². The molecule has 1 heterocycles. The predicted molar refractivity (Wildman–Crippen MR) is 47.8 cm³/mol. The van der Waals surface area contributed by atoms with E-state index in [1.54, 1.807) is 0 Å². The van der Waals surface area contributed by atoms with Gasteiger partial charge in [0.25, 0.3) is 0 Å². The van der Waals surface area contributed by atoms with Crippen molar-refractivity contribution in [1.29, 1.82) is 0 Å². The predicted octanol–water partition coefficient (Wildman–Crippen LogP) is -0.172. The van der Waals surface area contributed by atoms with E-state index in [2.05, 4.69) is 10.6 Å². The Balaban J connectivity index is 1.96. The molecule has 1 aliphatic rings. The zero-order valence-corrected chi connectivity index (χ0v) is 7.54. The monoisotopic (exact) mass is 174 g/mol. The normalized spacial score (nSPS) is 17.5. The average molecular weight is 174 g/mol. The topological polar surface area (TPSA) is 41.1 Å². The van der Waals surface area contributed by atoms with E-state index in [-0.39, 0.29) is 5.91 Å². The second-order valence-electron chi connectivity index (χ2n) is 2.57. The Bertz CT molecular complexity index is 136. The maximum atomic E-state index is 10.9. The second kappa shape index (κ2) is 4.62. The van der Waals surface area contributed by atoms with E-state index in [0.717, 1.165) is 18.1 Å². The lowest BCUT2D eigenvalue weighted by molar-refractivity contribution is -0.120. The molecule has 4 heteroatoms. The van der Waals surface area contributed by atoms with E-state index in [9.17, 15) is 4.79 Å². The van der Waals surface area contributed by atoms with Crippen LogP contribution in [-0.2, 0) is 4.79 Å². The number of carbonyl (C=O) groups excluding carboxylic acids is 1. The zero-order chi connectivity index (χ0) is 8.10. The van der Waals surface area contributed by atoms with Crippen molar-refractivity contribution in [1.82, 2.24) is 10.6 Å². The van der Waals surface area contributed by atoms with Crippen molar-refractivity contribution in [2.45, 2.75) is 13.0 Å². The van der Waals surface area contributed by atoms with Gasteiger partial charge in [0.05, 0.1) is 6.54 Å². The van der Waals surface area contributed by atoms with Crippen LogP contribution >= 0.6 is 11.8 Å². The van der Waals surface area contributed by atoms with E-state index in [4.69, 9.17) is 0 Å². The van der Waals surface area contributed by atoms with Crippen molar-refractivity contribution in [3.05, 3.63) is 0 Å². The number of amides is 1. The molecule has 1 rings (SSSR count). The highest BCUT2D eigenvalue weighted by Gasteiger charge is 2.17. The smallest absolute Gasteiger partial charge is 0.233 e. The Labute approximate surface area is 71.3 Å². The number of carbonyl (C=O) groups is 1. The SMILES string of the molecule is CCNC(=O)CNC1CSC1. The molecular weight excluding hydrogens is 160 g/mol. The van der Waals surface area contributed by atoms with Crippen molar-refractivity contribution >= 4 is 17.7 Å². The standard InChI is InChI=1S/C7H14N2OS/c1-2-8-7(10)3-9-6-4-11-5-6/h6,9H,2-5H2,1H3,(H,8,10). The minimum Gasteiger partial charge on any atom is -0.355 e. The van der Waals surface area contributed by atoms with Crippen LogP contribution in [0.25, 0.3) is 0 Å². The van der Waals surface area contributed by atoms with Crippen molar-refractivity contribution in [2.24, 2.45) is 0 Å². The molecule has 3 nitrogen and oxygen atoms in total. The lowest BCUT2D eigenvalue weighted by atomic mass is 10.3. The summed E-state index contributed by atoms with van der Waals surface area (Å²) >= 11 is 1.92. The fraction of sp³-hybridized carbons (Fsp3) is 0.857. The summed E-state index contributed by atoms with van der Waals surface area (Å²) in [6, 6.07) is 0.572. The van der Waals surface area contributed by atoms with Gasteiger partial charge in [-0.05, 0) is 6.92 Å². The van der Waals surface area contributed by atoms with Gasteiger partial charge in [0, 0.05) is 24.1 Å². The van der Waals surface area contributed by atoms with Crippen LogP contribution < -0.4 is 10.6 Å². The van der Waals surface area contributed by atoms with Crippen LogP contribution in [0.1, 0.15) is 6.92 Å². The number of nitrogens with one attached hydrogen (secondary N) is 2. The minimum atomic E-state index is 0.101. The molecule has 0 aromatic rings. The summed E-state index contributed by atoms with van der Waals surface area (Å²) < 4.78 is 0. The molecule has 1 fully saturated rings. The third kappa shape index (κ3) is 3.12. The van der Waals surface area contributed by atoms with Crippen LogP contribution in [0.4, 0.5) is 0 Å². The van der Waals surface area contributed by atoms with Gasteiger partial charge in [-0.2, -0.15) is 11.8 Å². The summed E-state index contributed by atoms with van der Waals surface area (Å²) in [5, 5.41) is 5.91. The van der Waals surface area contributed by atoms with Crippen LogP contribution in [-0.4, -0.2) is 36.5 Å². The minimum absolute atomic E-state index is 0.101. The molecule has 0 aliphatic carbocycles. The van der Waals surface area contributed by atoms with Gasteiger partial charge in [-0.1, -0.05) is 0 Å². The fourth-order valence-corrected chi connectivity index (χ4v) is 1.56. The molecule has 2 N–H and O–H groups in total. The Morgan fingerprint density at radius 1 is 1.64 bits per heavy atom. The van der Waals surface area contributed by atoms with E-state index in [1.165, 1.54) is 0 Å². The summed E-state index contributed by atoms with van der Waals surface area (Å²) in [6.45, 7) is 3.12. The van der Waals surface area contributed by atoms with Crippen LogP contribution in [0.5, 0.6) is 0 Å². The first kappa shape index (κ1) is 8.87. The van der Waals surface area contributed by atoms with Crippen LogP contribution in [0.15, 0.2) is 0 Å². The number of rotatable bonds is 4. The number of thioether (sulfide) groups is 1. The first-order valence-electron chi connectivity index (χ1n) is 3.90. The summed E-state index contributed by atoms with van der Waals surface area (Å²) in [6.07, 6.45) is 0. The average Bonchev–Trinajstić information content (AvgIpc) is 1.85. The van der Waals surface area contributed by atoms with Gasteiger partial charge in [-0.15, -0.1) is 0 Å². The zero-order valence-electron chi connectivity index (χ0n) is 6.72. The molecule has 1 aliphatic heterocycles. The first-order valence-corrected chi connectivity index (χ1v) is 5.06. The quantitative estimate of drug-likeness (QED) is 0.621. The number of hydrogen-bond acceptors (Lipinski definition) is 3. The Morgan fingerprint density at radius 2 is 2.36 bits per heavy atom. The Kier molecular flexibility index (Phi) is 3.72. The van der Waals surface area contributed by atoms with Crippen LogP contribution in [0.2, 0.25) is 0 Å². The largest absolute Gasteiger partial charge is 0.355 e. The van der Waals surface area contributed by atoms with Crippen molar-refractivity contribution in [2.75, 3.05) is 24.6 Å². The number of hydrogen-bond donors (Lipinski definition) is 2. The van der Waals surface area contributed by atoms with Crippen molar-refractivity contribution in [3.8, 4) is 0 Å². The molecule has 0 atom stereocenters. The molecule has 0 radical (unpaired) electrons. The molecule has 0 unspecified atom stereocenters. The third-order valence-electron chi connectivity index (χ3n) is 1.56. The van der Waals surface area contributed by atoms with E-state index in [0.29, 0.717) is 12.6 Å². The van der Waals surface area contributed by atoms with Gasteiger partial charge in [0.1, 0.15) is 0 Å². The fourth-order valence-electron chi connectivity index (χ4n) is 0.850. The maximum absolute atomic E-state index is 10.9. The molecule has 1 saturated heterocycles. The summed E-state index contributed by atoms with van der Waals surface area (Å²) in [4.78, 5) is 10.9. The van der Waals surface area contributed by atoms with Gasteiger partial charge >= 0.3 is 0 Å². The molecule has 0 bridgehead atoms. The molecule has 1 amide bonds. The van der Waals surface area contributed by atoms with Crippen LogP contribution in [0, 0.1) is 0 Å².